The molecule has 12 heteroatoms. The first-order valence-electron chi connectivity index (χ1n) is 11.6. The van der Waals surface area contributed by atoms with Gasteiger partial charge in [0.1, 0.15) is 11.3 Å². The highest BCUT2D eigenvalue weighted by Crippen LogP contribution is 2.35. The van der Waals surface area contributed by atoms with Crippen molar-refractivity contribution in [1.82, 2.24) is 15.1 Å². The second-order valence-electron chi connectivity index (χ2n) is 9.12. The maximum absolute atomic E-state index is 13.8. The molecule has 5 N–H and O–H groups in total. The van der Waals surface area contributed by atoms with Crippen LogP contribution in [0, 0.1) is 11.2 Å². The Morgan fingerprint density at radius 2 is 1.73 bits per heavy atom. The summed E-state index contributed by atoms with van der Waals surface area (Å²) >= 11 is 0. The summed E-state index contributed by atoms with van der Waals surface area (Å²) in [6, 6.07) is 10.3. The fourth-order valence-corrected chi connectivity index (χ4v) is 4.35. The number of carboxylic acid groups (broad SMARTS) is 1. The smallest absolute Gasteiger partial charge is 0.475 e. The SMILES string of the molecule is NC(=O)c1cc(F)cc2cn(-c3ccc(CNCC4(CO)CCCCC4)cc3)nc12.O=C(O)C(F)(F)F. The highest BCUT2D eigenvalue weighted by Gasteiger charge is 2.38. The Hall–Kier alpha value is -3.51. The van der Waals surface area contributed by atoms with Gasteiger partial charge in [-0.15, -0.1) is 0 Å². The summed E-state index contributed by atoms with van der Waals surface area (Å²) < 4.78 is 47.1. The Balaban J connectivity index is 0.000000479. The Labute approximate surface area is 210 Å². The standard InChI is InChI=1S/C23H27FN4O2.C2HF3O2/c24-18-10-17-13-28(27-21(17)20(11-18)22(25)30)19-6-4-16(5-7-19)12-26-14-23(15-29)8-2-1-3-9-23;3-2(4,5)1(6)7/h4-7,10-11,13,26,29H,1-3,8-9,12,14-15H2,(H2,25,30);(H,6,7). The van der Waals surface area contributed by atoms with Gasteiger partial charge in [-0.3, -0.25) is 4.79 Å². The summed E-state index contributed by atoms with van der Waals surface area (Å²) in [5.74, 6) is -3.98. The van der Waals surface area contributed by atoms with E-state index >= 15 is 0 Å². The highest BCUT2D eigenvalue weighted by molar-refractivity contribution is 6.04. The lowest BCUT2D eigenvalue weighted by Gasteiger charge is -2.35. The number of hydrogen-bond acceptors (Lipinski definition) is 5. The van der Waals surface area contributed by atoms with Crippen LogP contribution in [0.4, 0.5) is 17.6 Å². The molecule has 0 unspecified atom stereocenters. The highest BCUT2D eigenvalue weighted by atomic mass is 19.4. The number of amides is 1. The molecule has 8 nitrogen and oxygen atoms in total. The number of aromatic nitrogens is 2. The number of halogens is 4. The maximum Gasteiger partial charge on any atom is 0.490 e. The monoisotopic (exact) mass is 524 g/mol. The fourth-order valence-electron chi connectivity index (χ4n) is 4.35. The van der Waals surface area contributed by atoms with Gasteiger partial charge in [0.05, 0.1) is 11.3 Å². The number of nitrogens with zero attached hydrogens (tertiary/aromatic N) is 2. The first kappa shape index (κ1) is 28.1. The zero-order valence-corrected chi connectivity index (χ0v) is 19.9. The number of aliphatic carboxylic acids is 1. The molecule has 1 amide bonds. The number of carbonyl (C=O) groups excluding carboxylic acids is 1. The van der Waals surface area contributed by atoms with Crippen molar-refractivity contribution >= 4 is 22.8 Å². The lowest BCUT2D eigenvalue weighted by atomic mass is 9.74. The van der Waals surface area contributed by atoms with E-state index in [2.05, 4.69) is 10.4 Å². The van der Waals surface area contributed by atoms with Gasteiger partial charge in [-0.25, -0.2) is 13.9 Å². The molecule has 3 aromatic rings. The number of aliphatic hydroxyl groups excluding tert-OH is 1. The van der Waals surface area contributed by atoms with E-state index in [1.165, 1.54) is 25.3 Å². The fraction of sp³-hybridized carbons (Fsp3) is 0.400. The number of carboxylic acids is 1. The molecule has 2 aromatic carbocycles. The lowest BCUT2D eigenvalue weighted by Crippen LogP contribution is -2.38. The van der Waals surface area contributed by atoms with Crippen LogP contribution in [0.15, 0.2) is 42.6 Å². The van der Waals surface area contributed by atoms with E-state index in [1.54, 1.807) is 10.9 Å². The number of alkyl halides is 3. The van der Waals surface area contributed by atoms with Crippen molar-refractivity contribution in [2.24, 2.45) is 11.1 Å². The lowest BCUT2D eigenvalue weighted by molar-refractivity contribution is -0.192. The quantitative estimate of drug-likeness (QED) is 0.347. The molecule has 1 aliphatic carbocycles. The van der Waals surface area contributed by atoms with Gasteiger partial charge in [0.15, 0.2) is 0 Å². The van der Waals surface area contributed by atoms with Crippen LogP contribution >= 0.6 is 0 Å². The predicted molar refractivity (Wildman–Crippen MR) is 128 cm³/mol. The molecule has 200 valence electrons. The van der Waals surface area contributed by atoms with Crippen LogP contribution in [0.1, 0.15) is 48.0 Å². The molecule has 0 bridgehead atoms. The number of nitrogens with one attached hydrogen (secondary N) is 1. The topological polar surface area (TPSA) is 130 Å². The van der Waals surface area contributed by atoms with Crippen LogP contribution in [0.3, 0.4) is 0 Å². The molecule has 1 saturated carbocycles. The van der Waals surface area contributed by atoms with Crippen LogP contribution < -0.4 is 11.1 Å². The van der Waals surface area contributed by atoms with Crippen molar-refractivity contribution in [3.63, 3.8) is 0 Å². The predicted octanol–water partition coefficient (Wildman–Crippen LogP) is 3.93. The second-order valence-corrected chi connectivity index (χ2v) is 9.12. The van der Waals surface area contributed by atoms with Crippen LogP contribution in [0.25, 0.3) is 16.6 Å². The molecular weight excluding hydrogens is 496 g/mol. The van der Waals surface area contributed by atoms with Crippen molar-refractivity contribution in [2.75, 3.05) is 13.2 Å². The minimum absolute atomic E-state index is 0.0146. The van der Waals surface area contributed by atoms with E-state index in [0.29, 0.717) is 10.9 Å². The number of rotatable bonds is 7. The van der Waals surface area contributed by atoms with Crippen LogP contribution in [0.2, 0.25) is 0 Å². The number of carbonyl (C=O) groups is 2. The average molecular weight is 525 g/mol. The van der Waals surface area contributed by atoms with E-state index in [1.807, 2.05) is 24.3 Å². The average Bonchev–Trinajstić information content (AvgIpc) is 3.28. The van der Waals surface area contributed by atoms with Crippen molar-refractivity contribution in [3.8, 4) is 5.69 Å². The van der Waals surface area contributed by atoms with Crippen molar-refractivity contribution in [1.29, 1.82) is 0 Å². The first-order valence-corrected chi connectivity index (χ1v) is 11.6. The van der Waals surface area contributed by atoms with Crippen LogP contribution in [-0.4, -0.2) is 51.2 Å². The van der Waals surface area contributed by atoms with Gasteiger partial charge in [-0.05, 0) is 42.7 Å². The number of hydrogen-bond donors (Lipinski definition) is 4. The third-order valence-corrected chi connectivity index (χ3v) is 6.36. The third kappa shape index (κ3) is 7.26. The molecule has 1 fully saturated rings. The molecule has 0 spiro atoms. The molecule has 0 saturated heterocycles. The molecule has 0 radical (unpaired) electrons. The molecule has 1 aliphatic rings. The van der Waals surface area contributed by atoms with E-state index in [9.17, 15) is 27.5 Å². The van der Waals surface area contributed by atoms with Crippen LogP contribution in [-0.2, 0) is 11.3 Å². The molecule has 1 heterocycles. The minimum Gasteiger partial charge on any atom is -0.475 e. The molecule has 37 heavy (non-hydrogen) atoms. The largest absolute Gasteiger partial charge is 0.490 e. The first-order chi connectivity index (χ1) is 17.4. The summed E-state index contributed by atoms with van der Waals surface area (Å²) in [4.78, 5) is 20.5. The van der Waals surface area contributed by atoms with Gasteiger partial charge in [-0.2, -0.15) is 18.3 Å². The van der Waals surface area contributed by atoms with E-state index in [0.717, 1.165) is 43.2 Å². The van der Waals surface area contributed by atoms with Gasteiger partial charge >= 0.3 is 12.1 Å². The van der Waals surface area contributed by atoms with Gasteiger partial charge in [0.25, 0.3) is 5.91 Å². The number of benzene rings is 2. The number of fused-ring (bicyclic) bond motifs is 1. The summed E-state index contributed by atoms with van der Waals surface area (Å²) in [6.45, 7) is 1.77. The van der Waals surface area contributed by atoms with Gasteiger partial charge < -0.3 is 21.3 Å². The van der Waals surface area contributed by atoms with Crippen molar-refractivity contribution in [3.05, 3.63) is 59.5 Å². The molecule has 0 aliphatic heterocycles. The Kier molecular flexibility index (Phi) is 8.87. The number of nitrogens with two attached hydrogens (primary N) is 1. The Morgan fingerprint density at radius 1 is 1.11 bits per heavy atom. The van der Waals surface area contributed by atoms with Gasteiger partial charge in [0.2, 0.25) is 0 Å². The van der Waals surface area contributed by atoms with Gasteiger partial charge in [0, 0.05) is 36.7 Å². The minimum atomic E-state index is -5.08. The summed E-state index contributed by atoms with van der Waals surface area (Å²) in [5, 5.41) is 25.4. The molecule has 0 atom stereocenters. The maximum atomic E-state index is 13.8. The third-order valence-electron chi connectivity index (χ3n) is 6.36. The molecular formula is C25H28F4N4O4. The van der Waals surface area contributed by atoms with E-state index in [4.69, 9.17) is 15.6 Å². The molecule has 4 rings (SSSR count). The van der Waals surface area contributed by atoms with E-state index < -0.39 is 23.9 Å². The second kappa shape index (κ2) is 11.7. The normalized spacial score (nSPS) is 15.2. The zero-order valence-electron chi connectivity index (χ0n) is 19.9. The summed E-state index contributed by atoms with van der Waals surface area (Å²) in [6.07, 6.45) is 2.41. The summed E-state index contributed by atoms with van der Waals surface area (Å²) in [5.41, 5.74) is 7.77. The Bertz CT molecular complexity index is 1240. The van der Waals surface area contributed by atoms with Gasteiger partial charge in [-0.1, -0.05) is 31.4 Å². The molecule has 1 aromatic heterocycles. The van der Waals surface area contributed by atoms with E-state index in [-0.39, 0.29) is 17.6 Å². The zero-order chi connectivity index (χ0) is 27.2. The van der Waals surface area contributed by atoms with Crippen LogP contribution in [0.5, 0.6) is 0 Å². The number of primary amides is 1. The van der Waals surface area contributed by atoms with Crippen molar-refractivity contribution in [2.45, 2.75) is 44.8 Å². The summed E-state index contributed by atoms with van der Waals surface area (Å²) in [7, 11) is 0. The van der Waals surface area contributed by atoms with Crippen molar-refractivity contribution < 1.29 is 37.4 Å². The number of aliphatic hydroxyl groups is 1. The Morgan fingerprint density at radius 3 is 2.27 bits per heavy atom.